The second-order valence-corrected chi connectivity index (χ2v) is 6.43. The highest BCUT2D eigenvalue weighted by Crippen LogP contribution is 2.35. The number of thiazole rings is 1. The Morgan fingerprint density at radius 1 is 1.29 bits per heavy atom. The average molecular weight is 359 g/mol. The number of halogens is 4. The van der Waals surface area contributed by atoms with Crippen LogP contribution in [0.2, 0.25) is 0 Å². The van der Waals surface area contributed by atoms with E-state index < -0.39 is 17.1 Å². The number of hydrogen-bond acceptors (Lipinski definition) is 4. The molecule has 128 valence electrons. The van der Waals surface area contributed by atoms with Crippen LogP contribution in [0, 0.1) is 5.82 Å². The van der Waals surface area contributed by atoms with E-state index in [0.717, 1.165) is 11.8 Å². The molecule has 1 unspecified atom stereocenters. The number of alkyl halides is 3. The Bertz CT molecular complexity index is 729. The van der Waals surface area contributed by atoms with Gasteiger partial charge in [0, 0.05) is 13.1 Å². The van der Waals surface area contributed by atoms with Crippen molar-refractivity contribution in [3.8, 4) is 0 Å². The fourth-order valence-corrected chi connectivity index (χ4v) is 3.20. The number of benzene rings is 1. The summed E-state index contributed by atoms with van der Waals surface area (Å²) in [5.74, 6) is -0.557. The maximum Gasteiger partial charge on any atom is 0.427 e. The van der Waals surface area contributed by atoms with E-state index in [1.807, 2.05) is 0 Å². The number of carbonyl (C=O) groups is 1. The van der Waals surface area contributed by atoms with Gasteiger partial charge in [0.25, 0.3) is 0 Å². The van der Waals surface area contributed by atoms with Crippen LogP contribution in [-0.4, -0.2) is 28.4 Å². The van der Waals surface area contributed by atoms with Crippen LogP contribution < -0.4 is 5.32 Å². The van der Waals surface area contributed by atoms with Gasteiger partial charge in [-0.3, -0.25) is 4.79 Å². The van der Waals surface area contributed by atoms with Crippen molar-refractivity contribution in [1.29, 1.82) is 0 Å². The van der Waals surface area contributed by atoms with Gasteiger partial charge in [-0.05, 0) is 24.1 Å². The summed E-state index contributed by atoms with van der Waals surface area (Å²) in [5.41, 5.74) is 0.791. The maximum atomic E-state index is 12.9. The lowest BCUT2D eigenvalue weighted by atomic mass is 10.2. The van der Waals surface area contributed by atoms with Gasteiger partial charge >= 0.3 is 6.18 Å². The van der Waals surface area contributed by atoms with Crippen molar-refractivity contribution in [2.24, 2.45) is 0 Å². The van der Waals surface area contributed by atoms with Gasteiger partial charge in [0.2, 0.25) is 5.91 Å². The molecule has 0 saturated carbocycles. The van der Waals surface area contributed by atoms with Crippen LogP contribution in [-0.2, 0) is 17.5 Å². The molecular formula is C15H13F4N3OS. The van der Waals surface area contributed by atoms with E-state index in [1.165, 1.54) is 12.1 Å². The molecule has 3 rings (SSSR count). The predicted molar refractivity (Wildman–Crippen MR) is 81.0 cm³/mol. The number of hydrogen-bond donors (Lipinski definition) is 1. The van der Waals surface area contributed by atoms with E-state index in [2.05, 4.69) is 10.3 Å². The standard InChI is InChI=1S/C15H13F4N3OS/c16-10-3-1-9(2-4-10)8-22-6-5-11(13(22)23)21-14-20-7-12(24-14)15(17,18)19/h1-4,7,11H,5-6,8H2,(H,20,21). The summed E-state index contributed by atoms with van der Waals surface area (Å²) in [4.78, 5) is 16.8. The van der Waals surface area contributed by atoms with Crippen LogP contribution in [0.3, 0.4) is 0 Å². The van der Waals surface area contributed by atoms with Gasteiger partial charge in [-0.2, -0.15) is 13.2 Å². The molecule has 1 saturated heterocycles. The summed E-state index contributed by atoms with van der Waals surface area (Å²) in [6.45, 7) is 0.814. The molecule has 1 amide bonds. The first-order valence-corrected chi connectivity index (χ1v) is 7.97. The number of carbonyl (C=O) groups excluding carboxylic acids is 1. The third kappa shape index (κ3) is 3.66. The molecule has 1 aromatic carbocycles. The molecule has 1 aromatic heterocycles. The van der Waals surface area contributed by atoms with Gasteiger partial charge < -0.3 is 10.2 Å². The molecule has 1 N–H and O–H groups in total. The molecule has 24 heavy (non-hydrogen) atoms. The van der Waals surface area contributed by atoms with Crippen molar-refractivity contribution in [1.82, 2.24) is 9.88 Å². The first kappa shape index (κ1) is 16.7. The third-order valence-corrected chi connectivity index (χ3v) is 4.64. The lowest BCUT2D eigenvalue weighted by Crippen LogP contribution is -2.33. The predicted octanol–water partition coefficient (Wildman–Crippen LogP) is 3.51. The van der Waals surface area contributed by atoms with Crippen molar-refractivity contribution >= 4 is 22.4 Å². The molecule has 0 aliphatic carbocycles. The monoisotopic (exact) mass is 359 g/mol. The normalized spacial score (nSPS) is 18.2. The molecule has 2 aromatic rings. The average Bonchev–Trinajstić information content (AvgIpc) is 3.11. The van der Waals surface area contributed by atoms with Crippen molar-refractivity contribution in [3.05, 3.63) is 46.7 Å². The first-order valence-electron chi connectivity index (χ1n) is 7.16. The highest BCUT2D eigenvalue weighted by Gasteiger charge is 2.35. The molecule has 1 fully saturated rings. The quantitative estimate of drug-likeness (QED) is 0.850. The van der Waals surface area contributed by atoms with Gasteiger partial charge in [-0.25, -0.2) is 9.37 Å². The number of amides is 1. The van der Waals surface area contributed by atoms with Crippen LogP contribution >= 0.6 is 11.3 Å². The summed E-state index contributed by atoms with van der Waals surface area (Å²) in [6.07, 6.45) is -3.21. The summed E-state index contributed by atoms with van der Waals surface area (Å²) in [5, 5.41) is 2.84. The Morgan fingerprint density at radius 2 is 2.00 bits per heavy atom. The van der Waals surface area contributed by atoms with Crippen LogP contribution in [0.15, 0.2) is 30.5 Å². The molecule has 4 nitrogen and oxygen atoms in total. The first-order chi connectivity index (χ1) is 11.3. The zero-order valence-corrected chi connectivity index (χ0v) is 13.1. The van der Waals surface area contributed by atoms with Gasteiger partial charge in [0.05, 0.1) is 6.20 Å². The Labute approximate surface area is 139 Å². The summed E-state index contributed by atoms with van der Waals surface area (Å²) in [6, 6.07) is 5.23. The van der Waals surface area contributed by atoms with E-state index in [9.17, 15) is 22.4 Å². The minimum Gasteiger partial charge on any atom is -0.350 e. The van der Waals surface area contributed by atoms with E-state index in [1.54, 1.807) is 17.0 Å². The molecule has 9 heteroatoms. The number of rotatable bonds is 4. The van der Waals surface area contributed by atoms with Gasteiger partial charge in [-0.1, -0.05) is 23.5 Å². The molecule has 2 heterocycles. The van der Waals surface area contributed by atoms with Crippen molar-refractivity contribution in [2.45, 2.75) is 25.2 Å². The van der Waals surface area contributed by atoms with Gasteiger partial charge in [-0.15, -0.1) is 0 Å². The van der Waals surface area contributed by atoms with Crippen molar-refractivity contribution in [2.75, 3.05) is 11.9 Å². The summed E-state index contributed by atoms with van der Waals surface area (Å²) < 4.78 is 50.6. The molecule has 0 spiro atoms. The van der Waals surface area contributed by atoms with Gasteiger partial charge in [0.1, 0.15) is 16.7 Å². The summed E-state index contributed by atoms with van der Waals surface area (Å²) >= 11 is 0.476. The van der Waals surface area contributed by atoms with Crippen LogP contribution in [0.5, 0.6) is 0 Å². The lowest BCUT2D eigenvalue weighted by molar-refractivity contribution is -0.134. The number of aromatic nitrogens is 1. The Balaban J connectivity index is 1.61. The number of anilines is 1. The number of nitrogens with one attached hydrogen (secondary N) is 1. The Hall–Kier alpha value is -2.16. The fraction of sp³-hybridized carbons (Fsp3) is 0.333. The minimum atomic E-state index is -4.44. The molecular weight excluding hydrogens is 346 g/mol. The Kier molecular flexibility index (Phi) is 4.44. The van der Waals surface area contributed by atoms with Crippen LogP contribution in [0.4, 0.5) is 22.7 Å². The maximum absolute atomic E-state index is 12.9. The molecule has 1 aliphatic heterocycles. The molecule has 0 radical (unpaired) electrons. The molecule has 1 atom stereocenters. The molecule has 0 bridgehead atoms. The van der Waals surface area contributed by atoms with E-state index in [4.69, 9.17) is 0 Å². The highest BCUT2D eigenvalue weighted by atomic mass is 32.1. The largest absolute Gasteiger partial charge is 0.427 e. The minimum absolute atomic E-state index is 0.0734. The van der Waals surface area contributed by atoms with E-state index in [0.29, 0.717) is 30.8 Å². The Morgan fingerprint density at radius 3 is 2.62 bits per heavy atom. The fourth-order valence-electron chi connectivity index (χ4n) is 2.46. The second kappa shape index (κ2) is 6.39. The zero-order valence-electron chi connectivity index (χ0n) is 12.3. The highest BCUT2D eigenvalue weighted by molar-refractivity contribution is 7.15. The summed E-state index contributed by atoms with van der Waals surface area (Å²) in [7, 11) is 0. The number of nitrogens with zero attached hydrogens (tertiary/aromatic N) is 2. The van der Waals surface area contributed by atoms with E-state index >= 15 is 0 Å². The smallest absolute Gasteiger partial charge is 0.350 e. The van der Waals surface area contributed by atoms with Crippen LogP contribution in [0.1, 0.15) is 16.9 Å². The van der Waals surface area contributed by atoms with Crippen LogP contribution in [0.25, 0.3) is 0 Å². The van der Waals surface area contributed by atoms with E-state index in [-0.39, 0.29) is 16.9 Å². The van der Waals surface area contributed by atoms with Crippen molar-refractivity contribution in [3.63, 3.8) is 0 Å². The zero-order chi connectivity index (χ0) is 17.3. The SMILES string of the molecule is O=C1C(Nc2ncc(C(F)(F)F)s2)CCN1Cc1ccc(F)cc1. The topological polar surface area (TPSA) is 45.2 Å². The van der Waals surface area contributed by atoms with Gasteiger partial charge in [0.15, 0.2) is 5.13 Å². The third-order valence-electron chi connectivity index (χ3n) is 3.67. The van der Waals surface area contributed by atoms with Crippen molar-refractivity contribution < 1.29 is 22.4 Å². The number of likely N-dealkylation sites (tertiary alicyclic amines) is 1. The lowest BCUT2D eigenvalue weighted by Gasteiger charge is -2.17. The molecule has 1 aliphatic rings. The second-order valence-electron chi connectivity index (χ2n) is 5.40.